The van der Waals surface area contributed by atoms with E-state index in [9.17, 15) is 5.26 Å². The highest BCUT2D eigenvalue weighted by atomic mass is 16.3. The van der Waals surface area contributed by atoms with Gasteiger partial charge in [-0.05, 0) is 72.4 Å². The molecular formula is C32H29N2O+. The molecule has 3 aromatic carbocycles. The summed E-state index contributed by atoms with van der Waals surface area (Å²) in [7, 11) is 1.72. The van der Waals surface area contributed by atoms with Crippen LogP contribution in [-0.2, 0) is 19.8 Å². The lowest BCUT2D eigenvalue weighted by atomic mass is 9.90. The molecule has 35 heavy (non-hydrogen) atoms. The highest BCUT2D eigenvalue weighted by Gasteiger charge is 2.29. The van der Waals surface area contributed by atoms with E-state index in [1.807, 2.05) is 25.1 Å². The van der Waals surface area contributed by atoms with Crippen LogP contribution in [0, 0.1) is 30.5 Å². The molecule has 0 atom stereocenters. The van der Waals surface area contributed by atoms with Crippen LogP contribution in [0.3, 0.4) is 0 Å². The third-order valence-electron chi connectivity index (χ3n) is 6.66. The third-order valence-corrected chi connectivity index (χ3v) is 6.66. The Morgan fingerprint density at radius 1 is 1.03 bits per heavy atom. The van der Waals surface area contributed by atoms with E-state index < -0.39 is 25.0 Å². The number of furan rings is 1. The van der Waals surface area contributed by atoms with Crippen molar-refractivity contribution in [2.75, 3.05) is 0 Å². The van der Waals surface area contributed by atoms with Gasteiger partial charge < -0.3 is 4.42 Å². The lowest BCUT2D eigenvalue weighted by Crippen LogP contribution is -2.31. The Morgan fingerprint density at radius 2 is 1.77 bits per heavy atom. The lowest BCUT2D eigenvalue weighted by molar-refractivity contribution is -0.660. The number of hydrogen-bond acceptors (Lipinski definition) is 2. The molecule has 0 unspecified atom stereocenters. The van der Waals surface area contributed by atoms with Crippen LogP contribution in [0.5, 0.6) is 0 Å². The standard InChI is InChI=1S/C32H29N2O/c1-19-6-13-27(34(5)18-19)28-20(2)7-11-25-26-12-10-23(17-33)29(31(26)35-30(25)28)21-8-9-22-15-32(3,4)16-24(22)14-21/h6-14,18H,15-16H2,1-5H3/q+1/i1D3,6D,15D2,16D2. The average Bonchev–Trinajstić information content (AvgIpc) is 3.34. The summed E-state index contributed by atoms with van der Waals surface area (Å²) in [5.41, 5.74) is 3.57. The molecule has 1 aliphatic carbocycles. The van der Waals surface area contributed by atoms with Crippen molar-refractivity contribution >= 4 is 21.9 Å². The normalized spacial score (nSPS) is 21.0. The van der Waals surface area contributed by atoms with Crippen molar-refractivity contribution in [3.63, 3.8) is 0 Å². The predicted molar refractivity (Wildman–Crippen MR) is 141 cm³/mol. The zero-order valence-electron chi connectivity index (χ0n) is 28.0. The number of pyridine rings is 1. The largest absolute Gasteiger partial charge is 0.454 e. The summed E-state index contributed by atoms with van der Waals surface area (Å²) in [4.78, 5) is 0. The van der Waals surface area contributed by atoms with E-state index in [1.165, 1.54) is 12.3 Å². The highest BCUT2D eigenvalue weighted by Crippen LogP contribution is 2.43. The molecule has 0 spiro atoms. The third kappa shape index (κ3) is 3.36. The zero-order chi connectivity index (χ0) is 31.4. The quantitative estimate of drug-likeness (QED) is 0.256. The molecule has 3 heteroatoms. The van der Waals surface area contributed by atoms with Gasteiger partial charge in [0.2, 0.25) is 5.69 Å². The summed E-state index contributed by atoms with van der Waals surface area (Å²) in [6, 6.07) is 16.0. The monoisotopic (exact) mass is 465 g/mol. The van der Waals surface area contributed by atoms with Crippen LogP contribution in [0.1, 0.15) is 52.6 Å². The zero-order valence-corrected chi connectivity index (χ0v) is 20.0. The van der Waals surface area contributed by atoms with Crippen LogP contribution in [0.2, 0.25) is 0 Å². The number of aryl methyl sites for hydroxylation is 3. The molecular weight excluding hydrogens is 428 g/mol. The van der Waals surface area contributed by atoms with Crippen molar-refractivity contribution in [1.29, 1.82) is 5.26 Å². The second kappa shape index (κ2) is 7.55. The summed E-state index contributed by atoms with van der Waals surface area (Å²) in [5, 5.41) is 11.6. The van der Waals surface area contributed by atoms with Crippen LogP contribution in [0.4, 0.5) is 0 Å². The van der Waals surface area contributed by atoms with Gasteiger partial charge in [-0.25, -0.2) is 4.57 Å². The van der Waals surface area contributed by atoms with Gasteiger partial charge >= 0.3 is 0 Å². The van der Waals surface area contributed by atoms with Gasteiger partial charge in [0.25, 0.3) is 0 Å². The number of benzene rings is 3. The molecule has 0 radical (unpaired) electrons. The number of fused-ring (bicyclic) bond motifs is 4. The van der Waals surface area contributed by atoms with Gasteiger partial charge in [0, 0.05) is 37.6 Å². The van der Waals surface area contributed by atoms with Crippen LogP contribution in [0.15, 0.2) is 65.2 Å². The first-order valence-electron chi connectivity index (χ1n) is 15.5. The Labute approximate surface area is 217 Å². The van der Waals surface area contributed by atoms with Crippen molar-refractivity contribution < 1.29 is 20.0 Å². The van der Waals surface area contributed by atoms with Crippen molar-refractivity contribution in [3.8, 4) is 28.5 Å². The number of nitrogens with zero attached hydrogens (tertiary/aromatic N) is 2. The van der Waals surface area contributed by atoms with Gasteiger partial charge in [-0.1, -0.05) is 44.2 Å². The molecule has 6 rings (SSSR count). The smallest absolute Gasteiger partial charge is 0.216 e. The highest BCUT2D eigenvalue weighted by molar-refractivity contribution is 6.14. The molecule has 1 aliphatic rings. The van der Waals surface area contributed by atoms with Crippen LogP contribution in [0.25, 0.3) is 44.3 Å². The second-order valence-corrected chi connectivity index (χ2v) is 9.68. The van der Waals surface area contributed by atoms with Gasteiger partial charge in [-0.15, -0.1) is 0 Å². The Hall–Kier alpha value is -3.90. The number of rotatable bonds is 2. The Morgan fingerprint density at radius 3 is 2.54 bits per heavy atom. The summed E-state index contributed by atoms with van der Waals surface area (Å²) in [6.45, 7) is 2.65. The SMILES string of the molecule is [2H]c1cc(-c2c(C)ccc3c2oc2c(-c4ccc5c(c4)C([2H])([2H])C(C)(C)C5([2H])[2H])c(C#N)ccc23)[n+](C)cc1C([2H])([2H])[2H]. The first-order valence-corrected chi connectivity index (χ1v) is 11.5. The minimum atomic E-state index is -2.43. The maximum atomic E-state index is 10.1. The van der Waals surface area contributed by atoms with E-state index in [1.54, 1.807) is 49.7 Å². The van der Waals surface area contributed by atoms with E-state index >= 15 is 0 Å². The van der Waals surface area contributed by atoms with Gasteiger partial charge in [0.1, 0.15) is 18.2 Å². The van der Waals surface area contributed by atoms with E-state index in [2.05, 4.69) is 6.07 Å². The molecule has 0 amide bonds. The molecule has 0 aliphatic heterocycles. The Balaban J connectivity index is 1.65. The molecule has 0 saturated heterocycles. The number of nitriles is 1. The molecule has 5 aromatic rings. The summed E-state index contributed by atoms with van der Waals surface area (Å²) < 4.78 is 75.2. The first kappa shape index (κ1) is 14.5. The lowest BCUT2D eigenvalue weighted by Gasteiger charge is -2.14. The molecule has 0 bridgehead atoms. The fourth-order valence-corrected chi connectivity index (χ4v) is 5.11. The fourth-order valence-electron chi connectivity index (χ4n) is 5.11. The second-order valence-electron chi connectivity index (χ2n) is 9.68. The molecule has 2 aromatic heterocycles. The van der Waals surface area contributed by atoms with E-state index in [4.69, 9.17) is 15.4 Å². The molecule has 172 valence electrons. The van der Waals surface area contributed by atoms with Gasteiger partial charge in [-0.3, -0.25) is 0 Å². The number of aromatic nitrogens is 1. The molecule has 2 heterocycles. The van der Waals surface area contributed by atoms with Gasteiger partial charge in [-0.2, -0.15) is 5.26 Å². The first-order chi connectivity index (χ1) is 19.9. The average molecular weight is 466 g/mol. The minimum Gasteiger partial charge on any atom is -0.454 e. The minimum absolute atomic E-state index is 0.0573. The van der Waals surface area contributed by atoms with Gasteiger partial charge in [0.15, 0.2) is 6.20 Å². The van der Waals surface area contributed by atoms with Crippen molar-refractivity contribution in [3.05, 3.63) is 88.6 Å². The van der Waals surface area contributed by atoms with Crippen molar-refractivity contribution in [2.45, 2.75) is 40.4 Å². The molecule has 0 fully saturated rings. The van der Waals surface area contributed by atoms with Crippen LogP contribution < -0.4 is 4.57 Å². The summed E-state index contributed by atoms with van der Waals surface area (Å²) in [6.07, 6.45) is -2.42. The Kier molecular flexibility index (Phi) is 3.13. The van der Waals surface area contributed by atoms with E-state index in [0.29, 0.717) is 44.7 Å². The van der Waals surface area contributed by atoms with E-state index in [0.717, 1.165) is 16.3 Å². The van der Waals surface area contributed by atoms with Crippen LogP contribution in [-0.4, -0.2) is 0 Å². The summed E-state index contributed by atoms with van der Waals surface area (Å²) in [5.74, 6) is 0. The maximum Gasteiger partial charge on any atom is 0.216 e. The molecule has 3 nitrogen and oxygen atoms in total. The summed E-state index contributed by atoms with van der Waals surface area (Å²) >= 11 is 0. The fraction of sp³-hybridized carbons (Fsp3) is 0.250. The number of hydrogen-bond donors (Lipinski definition) is 0. The van der Waals surface area contributed by atoms with Gasteiger partial charge in [0.05, 0.1) is 18.6 Å². The maximum absolute atomic E-state index is 10.1. The van der Waals surface area contributed by atoms with Crippen LogP contribution >= 0.6 is 0 Å². The topological polar surface area (TPSA) is 40.8 Å². The van der Waals surface area contributed by atoms with Crippen molar-refractivity contribution in [2.24, 2.45) is 12.5 Å². The Bertz CT molecular complexity index is 2050. The predicted octanol–water partition coefficient (Wildman–Crippen LogP) is 7.36. The van der Waals surface area contributed by atoms with Crippen molar-refractivity contribution in [1.82, 2.24) is 0 Å². The molecule has 0 saturated carbocycles. The molecule has 0 N–H and O–H groups in total. The van der Waals surface area contributed by atoms with E-state index in [-0.39, 0.29) is 17.2 Å².